The number of ether oxygens (including phenoxy) is 5. The Balaban J connectivity index is 1.90. The Kier molecular flexibility index (Phi) is 7.23. The van der Waals surface area contributed by atoms with Crippen molar-refractivity contribution in [3.63, 3.8) is 0 Å². The zero-order chi connectivity index (χ0) is 22.5. The first kappa shape index (κ1) is 22.7. The third-order valence-corrected chi connectivity index (χ3v) is 4.76. The van der Waals surface area contributed by atoms with Gasteiger partial charge in [-0.3, -0.25) is 19.0 Å². The summed E-state index contributed by atoms with van der Waals surface area (Å²) < 4.78 is 27.9. The average molecular weight is 439 g/mol. The van der Waals surface area contributed by atoms with Crippen LogP contribution < -0.4 is 10.6 Å². The van der Waals surface area contributed by atoms with Crippen molar-refractivity contribution in [3.8, 4) is 0 Å². The fraction of sp³-hybridized carbons (Fsp3) is 0.632. The van der Waals surface area contributed by atoms with Crippen molar-refractivity contribution < 1.29 is 38.1 Å². The van der Waals surface area contributed by atoms with Gasteiger partial charge in [0.2, 0.25) is 0 Å². The number of rotatable bonds is 6. The molecule has 3 heterocycles. The Bertz CT molecular complexity index is 881. The van der Waals surface area contributed by atoms with Crippen molar-refractivity contribution in [3.05, 3.63) is 22.7 Å². The highest BCUT2D eigenvalue weighted by Gasteiger charge is 2.51. The molecule has 0 bridgehead atoms. The topological polar surface area (TPSA) is 135 Å². The summed E-state index contributed by atoms with van der Waals surface area (Å²) in [5.74, 6) is -1.38. The van der Waals surface area contributed by atoms with E-state index in [0.717, 1.165) is 4.57 Å². The number of hydrogen-bond acceptors (Lipinski definition) is 11. The van der Waals surface area contributed by atoms with E-state index in [9.17, 15) is 19.2 Å². The summed E-state index contributed by atoms with van der Waals surface area (Å²) in [4.78, 5) is 53.4. The molecule has 2 fully saturated rings. The van der Waals surface area contributed by atoms with Crippen LogP contribution in [0.25, 0.3) is 0 Å². The number of esters is 3. The highest BCUT2D eigenvalue weighted by molar-refractivity contribution is 5.68. The monoisotopic (exact) mass is 439 g/mol. The second kappa shape index (κ2) is 9.88. The molecule has 2 saturated heterocycles. The lowest BCUT2D eigenvalue weighted by molar-refractivity contribution is -0.166. The molecule has 3 rings (SSSR count). The van der Waals surface area contributed by atoms with Gasteiger partial charge in [0, 0.05) is 40.1 Å². The zero-order valence-corrected chi connectivity index (χ0v) is 17.5. The van der Waals surface area contributed by atoms with Crippen LogP contribution in [-0.2, 0) is 38.1 Å². The lowest BCUT2D eigenvalue weighted by atomic mass is 10.1. The molecule has 4 atom stereocenters. The minimum Gasteiger partial charge on any atom is -0.463 e. The van der Waals surface area contributed by atoms with Crippen molar-refractivity contribution in [1.82, 2.24) is 9.55 Å². The molecule has 0 N–H and O–H groups in total. The molecule has 0 aromatic carbocycles. The van der Waals surface area contributed by atoms with E-state index < -0.39 is 48.1 Å². The van der Waals surface area contributed by atoms with E-state index in [2.05, 4.69) is 4.98 Å². The SMILES string of the molecule is CC(=O)OC[C@H]1O[C@@H](n2ccc(N3CCOCC3)nc2=O)[C@H](OC(C)=O)[C@@H]1OC(C)=O. The molecule has 0 radical (unpaired) electrons. The summed E-state index contributed by atoms with van der Waals surface area (Å²) in [5.41, 5.74) is -0.638. The molecule has 12 nitrogen and oxygen atoms in total. The van der Waals surface area contributed by atoms with Crippen LogP contribution in [0.4, 0.5) is 5.82 Å². The van der Waals surface area contributed by atoms with Gasteiger partial charge in [0.15, 0.2) is 18.4 Å². The van der Waals surface area contributed by atoms with E-state index in [1.165, 1.54) is 27.0 Å². The zero-order valence-electron chi connectivity index (χ0n) is 17.5. The second-order valence-electron chi connectivity index (χ2n) is 7.09. The quantitative estimate of drug-likeness (QED) is 0.415. The van der Waals surface area contributed by atoms with Gasteiger partial charge in [0.25, 0.3) is 0 Å². The van der Waals surface area contributed by atoms with Crippen molar-refractivity contribution in [2.45, 2.75) is 45.3 Å². The van der Waals surface area contributed by atoms with E-state index in [-0.39, 0.29) is 6.61 Å². The van der Waals surface area contributed by atoms with E-state index >= 15 is 0 Å². The van der Waals surface area contributed by atoms with Crippen molar-refractivity contribution in [1.29, 1.82) is 0 Å². The molecule has 0 saturated carbocycles. The van der Waals surface area contributed by atoms with Gasteiger partial charge in [-0.2, -0.15) is 4.98 Å². The molecule has 0 unspecified atom stereocenters. The van der Waals surface area contributed by atoms with Gasteiger partial charge < -0.3 is 28.6 Å². The maximum atomic E-state index is 12.8. The summed E-state index contributed by atoms with van der Waals surface area (Å²) in [6.07, 6.45) is -2.84. The second-order valence-corrected chi connectivity index (χ2v) is 7.09. The maximum absolute atomic E-state index is 12.8. The van der Waals surface area contributed by atoms with Crippen LogP contribution in [0.5, 0.6) is 0 Å². The molecule has 2 aliphatic rings. The summed E-state index contributed by atoms with van der Waals surface area (Å²) in [6.45, 7) is 5.61. The molecule has 1 aromatic heterocycles. The van der Waals surface area contributed by atoms with Gasteiger partial charge in [-0.25, -0.2) is 4.79 Å². The minimum atomic E-state index is -1.14. The molecular weight excluding hydrogens is 414 g/mol. The number of morpholine rings is 1. The summed E-state index contributed by atoms with van der Waals surface area (Å²) >= 11 is 0. The van der Waals surface area contributed by atoms with Gasteiger partial charge >= 0.3 is 23.6 Å². The summed E-state index contributed by atoms with van der Waals surface area (Å²) in [7, 11) is 0. The summed E-state index contributed by atoms with van der Waals surface area (Å²) in [6, 6.07) is 1.64. The lowest BCUT2D eigenvalue weighted by Crippen LogP contribution is -2.42. The van der Waals surface area contributed by atoms with Crippen molar-refractivity contribution in [2.75, 3.05) is 37.8 Å². The predicted octanol–water partition coefficient (Wildman–Crippen LogP) is -0.596. The number of carbonyl (C=O) groups is 3. The van der Waals surface area contributed by atoms with E-state index in [0.29, 0.717) is 32.1 Å². The smallest absolute Gasteiger partial charge is 0.351 e. The van der Waals surface area contributed by atoms with Gasteiger partial charge in [-0.15, -0.1) is 0 Å². The van der Waals surface area contributed by atoms with Crippen LogP contribution in [0.3, 0.4) is 0 Å². The molecule has 0 spiro atoms. The van der Waals surface area contributed by atoms with E-state index in [1.54, 1.807) is 6.07 Å². The van der Waals surface area contributed by atoms with E-state index in [4.69, 9.17) is 23.7 Å². The third-order valence-electron chi connectivity index (χ3n) is 4.76. The first-order chi connectivity index (χ1) is 14.8. The molecule has 12 heteroatoms. The van der Waals surface area contributed by atoms with Crippen molar-refractivity contribution in [2.24, 2.45) is 0 Å². The molecule has 31 heavy (non-hydrogen) atoms. The van der Waals surface area contributed by atoms with Crippen LogP contribution in [-0.4, -0.2) is 78.7 Å². The lowest BCUT2D eigenvalue weighted by Gasteiger charge is -2.28. The van der Waals surface area contributed by atoms with Crippen molar-refractivity contribution >= 4 is 23.7 Å². The summed E-state index contributed by atoms with van der Waals surface area (Å²) in [5, 5.41) is 0. The minimum absolute atomic E-state index is 0.254. The Morgan fingerprint density at radius 3 is 2.29 bits per heavy atom. The molecule has 1 aromatic rings. The standard InChI is InChI=1S/C19H25N3O9/c1-11(23)28-10-14-16(29-12(2)24)17(30-13(3)25)18(31-14)22-5-4-15(20-19(22)26)21-6-8-27-9-7-21/h4-5,14,16-18H,6-10H2,1-3H3/t14-,16-,17-,18-/m1/s1. The fourth-order valence-corrected chi connectivity index (χ4v) is 3.48. The highest BCUT2D eigenvalue weighted by Crippen LogP contribution is 2.33. The van der Waals surface area contributed by atoms with Crippen LogP contribution in [0.15, 0.2) is 17.1 Å². The predicted molar refractivity (Wildman–Crippen MR) is 103 cm³/mol. The van der Waals surface area contributed by atoms with Crippen LogP contribution in [0.2, 0.25) is 0 Å². The Labute approximate surface area is 178 Å². The highest BCUT2D eigenvalue weighted by atomic mass is 16.7. The van der Waals surface area contributed by atoms with Crippen LogP contribution in [0, 0.1) is 0 Å². The van der Waals surface area contributed by atoms with Gasteiger partial charge in [-0.05, 0) is 6.07 Å². The first-order valence-corrected chi connectivity index (χ1v) is 9.81. The van der Waals surface area contributed by atoms with E-state index in [1.807, 2.05) is 4.90 Å². The molecular formula is C19H25N3O9. The van der Waals surface area contributed by atoms with Gasteiger partial charge in [0.1, 0.15) is 18.5 Å². The number of nitrogens with zero attached hydrogens (tertiary/aromatic N) is 3. The number of anilines is 1. The molecule has 0 aliphatic carbocycles. The molecule has 0 amide bonds. The fourth-order valence-electron chi connectivity index (χ4n) is 3.48. The average Bonchev–Trinajstić information content (AvgIpc) is 3.03. The van der Waals surface area contributed by atoms with Crippen LogP contribution in [0.1, 0.15) is 27.0 Å². The number of hydrogen-bond donors (Lipinski definition) is 0. The van der Waals surface area contributed by atoms with Gasteiger partial charge in [-0.1, -0.05) is 0 Å². The Morgan fingerprint density at radius 1 is 1.06 bits per heavy atom. The molecule has 2 aliphatic heterocycles. The number of carbonyl (C=O) groups excluding carboxylic acids is 3. The normalized spacial score (nSPS) is 25.7. The van der Waals surface area contributed by atoms with Gasteiger partial charge in [0.05, 0.1) is 13.2 Å². The Morgan fingerprint density at radius 2 is 1.71 bits per heavy atom. The molecule has 170 valence electrons. The van der Waals surface area contributed by atoms with Crippen LogP contribution >= 0.6 is 0 Å². The third kappa shape index (κ3) is 5.58. The Hall–Kier alpha value is -2.99. The first-order valence-electron chi connectivity index (χ1n) is 9.81. The largest absolute Gasteiger partial charge is 0.463 e. The maximum Gasteiger partial charge on any atom is 0.351 e. The number of aromatic nitrogens is 2.